The van der Waals surface area contributed by atoms with E-state index in [0.29, 0.717) is 30.2 Å². The van der Waals surface area contributed by atoms with E-state index in [1.807, 2.05) is 17.1 Å². The predicted octanol–water partition coefficient (Wildman–Crippen LogP) is 2.99. The lowest BCUT2D eigenvalue weighted by Gasteiger charge is -2.28. The lowest BCUT2D eigenvalue weighted by Crippen LogP contribution is -2.30. The zero-order valence-corrected chi connectivity index (χ0v) is 19.4. The van der Waals surface area contributed by atoms with Crippen molar-refractivity contribution < 1.29 is 14.3 Å². The third kappa shape index (κ3) is 4.74. The smallest absolute Gasteiger partial charge is 0.251 e. The number of nitrogens with zero attached hydrogens (tertiary/aromatic N) is 5. The Morgan fingerprint density at radius 3 is 2.47 bits per heavy atom. The first-order chi connectivity index (χ1) is 15.6. The molecule has 1 fully saturated rings. The van der Waals surface area contributed by atoms with Gasteiger partial charge in [-0.05, 0) is 37.7 Å². The van der Waals surface area contributed by atoms with Crippen LogP contribution in [0.5, 0.6) is 11.5 Å². The molecule has 1 N–H and O–H groups in total. The number of hydrogen-bond acceptors (Lipinski definition) is 8. The molecule has 10 heteroatoms. The van der Waals surface area contributed by atoms with Gasteiger partial charge in [0.1, 0.15) is 17.3 Å². The van der Waals surface area contributed by atoms with Gasteiger partial charge in [0.15, 0.2) is 10.8 Å². The van der Waals surface area contributed by atoms with Crippen molar-refractivity contribution in [2.24, 2.45) is 0 Å². The number of benzene rings is 1. The summed E-state index contributed by atoms with van der Waals surface area (Å²) in [6, 6.07) is 5.10. The highest BCUT2D eigenvalue weighted by Gasteiger charge is 2.20. The number of amides is 1. The predicted molar refractivity (Wildman–Crippen MR) is 125 cm³/mol. The second-order valence-electron chi connectivity index (χ2n) is 7.54. The highest BCUT2D eigenvalue weighted by atomic mass is 32.2. The van der Waals surface area contributed by atoms with E-state index in [2.05, 4.69) is 15.3 Å². The van der Waals surface area contributed by atoms with Gasteiger partial charge in [0.25, 0.3) is 5.91 Å². The number of methoxy groups -OCH3 is 2. The maximum atomic E-state index is 12.6. The van der Waals surface area contributed by atoms with E-state index in [9.17, 15) is 4.79 Å². The summed E-state index contributed by atoms with van der Waals surface area (Å²) < 4.78 is 12.3. The normalized spacial score (nSPS) is 13.9. The molecule has 1 aliphatic heterocycles. The molecule has 9 nitrogen and oxygen atoms in total. The van der Waals surface area contributed by atoms with Gasteiger partial charge in [-0.1, -0.05) is 11.8 Å². The average Bonchev–Trinajstić information content (AvgIpc) is 3.26. The molecular formula is C22H28N6O3S. The van der Waals surface area contributed by atoms with Crippen molar-refractivity contribution >= 4 is 34.5 Å². The molecule has 0 unspecified atom stereocenters. The summed E-state index contributed by atoms with van der Waals surface area (Å²) in [6.07, 6.45) is 7.42. The summed E-state index contributed by atoms with van der Waals surface area (Å²) in [4.78, 5) is 24.4. The van der Waals surface area contributed by atoms with E-state index in [1.165, 1.54) is 31.0 Å². The molecule has 0 aliphatic carbocycles. The van der Waals surface area contributed by atoms with Gasteiger partial charge in [-0.2, -0.15) is 5.10 Å². The fourth-order valence-electron chi connectivity index (χ4n) is 3.84. The number of rotatable bonds is 8. The van der Waals surface area contributed by atoms with E-state index in [1.54, 1.807) is 32.4 Å². The molecule has 1 amide bonds. The fourth-order valence-corrected chi connectivity index (χ4v) is 4.19. The van der Waals surface area contributed by atoms with Crippen LogP contribution in [-0.4, -0.2) is 65.8 Å². The van der Waals surface area contributed by atoms with Crippen LogP contribution in [0, 0.1) is 0 Å². The van der Waals surface area contributed by atoms with Gasteiger partial charge in [0.05, 0.1) is 32.3 Å². The van der Waals surface area contributed by atoms with Gasteiger partial charge in [-0.25, -0.2) is 14.6 Å². The first kappa shape index (κ1) is 22.2. The second kappa shape index (κ2) is 10.1. The highest BCUT2D eigenvalue weighted by molar-refractivity contribution is 7.98. The number of nitrogens with one attached hydrogen (secondary N) is 1. The summed E-state index contributed by atoms with van der Waals surface area (Å²) >= 11 is 1.52. The number of thioether (sulfide) groups is 1. The van der Waals surface area contributed by atoms with Gasteiger partial charge in [-0.15, -0.1) is 0 Å². The van der Waals surface area contributed by atoms with Crippen molar-refractivity contribution in [3.63, 3.8) is 0 Å². The number of aromatic nitrogens is 4. The molecule has 0 spiro atoms. The minimum Gasteiger partial charge on any atom is -0.497 e. The van der Waals surface area contributed by atoms with E-state index in [0.717, 1.165) is 35.1 Å². The van der Waals surface area contributed by atoms with Crippen LogP contribution in [0.2, 0.25) is 0 Å². The maximum Gasteiger partial charge on any atom is 0.251 e. The number of anilines is 1. The lowest BCUT2D eigenvalue weighted by atomic mass is 10.1. The molecule has 0 atom stereocenters. The summed E-state index contributed by atoms with van der Waals surface area (Å²) in [6.45, 7) is 2.92. The first-order valence-corrected chi connectivity index (χ1v) is 11.9. The van der Waals surface area contributed by atoms with Crippen LogP contribution < -0.4 is 19.7 Å². The number of carbonyl (C=O) groups excluding carboxylic acids is 1. The van der Waals surface area contributed by atoms with E-state index in [4.69, 9.17) is 19.4 Å². The van der Waals surface area contributed by atoms with E-state index in [-0.39, 0.29) is 5.91 Å². The Morgan fingerprint density at radius 2 is 1.81 bits per heavy atom. The minimum atomic E-state index is -0.202. The quantitative estimate of drug-likeness (QED) is 0.408. The summed E-state index contributed by atoms with van der Waals surface area (Å²) in [5.41, 5.74) is 1.27. The van der Waals surface area contributed by atoms with Crippen molar-refractivity contribution in [1.82, 2.24) is 25.1 Å². The second-order valence-corrected chi connectivity index (χ2v) is 8.32. The number of ether oxygens (including phenoxy) is 2. The van der Waals surface area contributed by atoms with Gasteiger partial charge < -0.3 is 19.7 Å². The van der Waals surface area contributed by atoms with Gasteiger partial charge >= 0.3 is 0 Å². The van der Waals surface area contributed by atoms with Gasteiger partial charge in [0, 0.05) is 31.3 Å². The molecule has 0 saturated carbocycles. The van der Waals surface area contributed by atoms with Crippen LogP contribution >= 0.6 is 11.8 Å². The third-order valence-corrected chi connectivity index (χ3v) is 6.06. The van der Waals surface area contributed by atoms with Crippen molar-refractivity contribution in [1.29, 1.82) is 0 Å². The first-order valence-electron chi connectivity index (χ1n) is 10.7. The largest absolute Gasteiger partial charge is 0.497 e. The van der Waals surface area contributed by atoms with Crippen LogP contribution in [0.3, 0.4) is 0 Å². The third-order valence-electron chi connectivity index (χ3n) is 5.52. The molecule has 4 rings (SSSR count). The molecule has 2 aromatic heterocycles. The number of carbonyl (C=O) groups is 1. The molecule has 32 heavy (non-hydrogen) atoms. The minimum absolute atomic E-state index is 0.202. The van der Waals surface area contributed by atoms with Gasteiger partial charge in [0.2, 0.25) is 0 Å². The Balaban J connectivity index is 1.49. The fraction of sp³-hybridized carbons (Fsp3) is 0.455. The molecule has 1 aliphatic rings. The molecule has 170 valence electrons. The molecule has 1 saturated heterocycles. The summed E-state index contributed by atoms with van der Waals surface area (Å²) in [7, 11) is 3.12. The zero-order valence-electron chi connectivity index (χ0n) is 18.6. The van der Waals surface area contributed by atoms with Crippen molar-refractivity contribution in [2.45, 2.75) is 31.0 Å². The van der Waals surface area contributed by atoms with E-state index < -0.39 is 0 Å². The molecule has 3 heterocycles. The van der Waals surface area contributed by atoms with Crippen LogP contribution in [-0.2, 0) is 6.54 Å². The molecule has 3 aromatic rings. The summed E-state index contributed by atoms with van der Waals surface area (Å²) in [5, 5.41) is 9.16. The molecule has 0 bridgehead atoms. The van der Waals surface area contributed by atoms with E-state index >= 15 is 0 Å². The lowest BCUT2D eigenvalue weighted by molar-refractivity contribution is 0.0951. The highest BCUT2D eigenvalue weighted by Crippen LogP contribution is 2.28. The van der Waals surface area contributed by atoms with Crippen LogP contribution in [0.15, 0.2) is 29.6 Å². The maximum absolute atomic E-state index is 12.6. The molecule has 0 radical (unpaired) electrons. The zero-order chi connectivity index (χ0) is 22.5. The standard InChI is InChI=1S/C22H28N6O3S/c1-30-16-11-15(12-17(13-16)31-2)21(29)23-7-10-28-20-18(14-24-28)19(25-22(26-20)32-3)27-8-5-4-6-9-27/h11-14H,4-10H2,1-3H3,(H,23,29). The topological polar surface area (TPSA) is 94.4 Å². The number of hydrogen-bond donors (Lipinski definition) is 1. The van der Waals surface area contributed by atoms with Crippen LogP contribution in [0.25, 0.3) is 11.0 Å². The van der Waals surface area contributed by atoms with Crippen molar-refractivity contribution in [3.8, 4) is 11.5 Å². The van der Waals surface area contributed by atoms with Crippen molar-refractivity contribution in [3.05, 3.63) is 30.0 Å². The SMILES string of the molecule is COc1cc(OC)cc(C(=O)NCCn2ncc3c(N4CCCCC4)nc(SC)nc32)c1. The number of fused-ring (bicyclic) bond motifs is 1. The molecular weight excluding hydrogens is 428 g/mol. The van der Waals surface area contributed by atoms with Crippen LogP contribution in [0.4, 0.5) is 5.82 Å². The molecule has 1 aromatic carbocycles. The average molecular weight is 457 g/mol. The summed E-state index contributed by atoms with van der Waals surface area (Å²) in [5.74, 6) is 1.89. The number of piperidine rings is 1. The van der Waals surface area contributed by atoms with Gasteiger partial charge in [-0.3, -0.25) is 4.79 Å². The monoisotopic (exact) mass is 456 g/mol. The van der Waals surface area contributed by atoms with Crippen molar-refractivity contribution in [2.75, 3.05) is 45.0 Å². The Bertz CT molecular complexity index is 1070. The Kier molecular flexibility index (Phi) is 6.99. The van der Waals surface area contributed by atoms with Crippen LogP contribution in [0.1, 0.15) is 29.6 Å². The Labute approximate surface area is 191 Å². The Hall–Kier alpha value is -3.01. The Morgan fingerprint density at radius 1 is 1.09 bits per heavy atom.